The Morgan fingerprint density at radius 2 is 2.21 bits per heavy atom. The van der Waals surface area contributed by atoms with Gasteiger partial charge in [0, 0.05) is 11.8 Å². The molecule has 0 aromatic heterocycles. The third kappa shape index (κ3) is 2.08. The molecule has 0 aromatic rings. The van der Waals surface area contributed by atoms with Crippen LogP contribution in [0.15, 0.2) is 0 Å². The maximum atomic E-state index is 12.2. The SMILES string of the molecule is CCC(C)(I)C(=O)OC1CC2CC1C1COC(=O)C21. The van der Waals surface area contributed by atoms with Crippen LogP contribution in [0.3, 0.4) is 0 Å². The zero-order valence-corrected chi connectivity index (χ0v) is 13.4. The molecule has 1 saturated heterocycles. The van der Waals surface area contributed by atoms with Gasteiger partial charge in [-0.05, 0) is 32.1 Å². The summed E-state index contributed by atoms with van der Waals surface area (Å²) in [5, 5.41) is 0. The van der Waals surface area contributed by atoms with Crippen molar-refractivity contribution in [3.05, 3.63) is 0 Å². The summed E-state index contributed by atoms with van der Waals surface area (Å²) >= 11 is 2.16. The van der Waals surface area contributed by atoms with Gasteiger partial charge in [0.15, 0.2) is 0 Å². The fraction of sp³-hybridized carbons (Fsp3) is 0.857. The quantitative estimate of drug-likeness (QED) is 0.430. The molecule has 1 aliphatic heterocycles. The van der Waals surface area contributed by atoms with E-state index in [0.717, 1.165) is 19.3 Å². The number of rotatable bonds is 3. The van der Waals surface area contributed by atoms with Crippen LogP contribution in [-0.4, -0.2) is 28.1 Å². The number of cyclic esters (lactones) is 1. The highest BCUT2D eigenvalue weighted by atomic mass is 127. The van der Waals surface area contributed by atoms with Crippen molar-refractivity contribution in [3.63, 3.8) is 0 Å². The maximum absolute atomic E-state index is 12.2. The van der Waals surface area contributed by atoms with E-state index >= 15 is 0 Å². The second-order valence-corrected chi connectivity index (χ2v) is 8.59. The summed E-state index contributed by atoms with van der Waals surface area (Å²) in [5.74, 6) is 0.909. The molecule has 2 aliphatic carbocycles. The summed E-state index contributed by atoms with van der Waals surface area (Å²) in [4.78, 5) is 23.8. The molecule has 0 aromatic carbocycles. The largest absolute Gasteiger partial charge is 0.465 e. The van der Waals surface area contributed by atoms with Crippen molar-refractivity contribution in [1.29, 1.82) is 0 Å². The van der Waals surface area contributed by atoms with Gasteiger partial charge < -0.3 is 9.47 Å². The van der Waals surface area contributed by atoms with Crippen molar-refractivity contribution in [2.75, 3.05) is 6.61 Å². The smallest absolute Gasteiger partial charge is 0.322 e. The molecule has 106 valence electrons. The number of fused-ring (bicyclic) bond motifs is 5. The Kier molecular flexibility index (Phi) is 3.30. The molecule has 1 heterocycles. The molecule has 2 bridgehead atoms. The van der Waals surface area contributed by atoms with Crippen LogP contribution in [-0.2, 0) is 19.1 Å². The Morgan fingerprint density at radius 1 is 1.47 bits per heavy atom. The standard InChI is InChI=1S/C14H19IO4/c1-3-14(2,15)13(17)19-10-5-7-4-8(10)9-6-18-12(16)11(7)9/h7-11H,3-6H2,1-2H3. The number of hydrogen-bond donors (Lipinski definition) is 0. The molecular weight excluding hydrogens is 359 g/mol. The number of hydrogen-bond acceptors (Lipinski definition) is 4. The van der Waals surface area contributed by atoms with Crippen LogP contribution >= 0.6 is 22.6 Å². The lowest BCUT2D eigenvalue weighted by atomic mass is 9.80. The van der Waals surface area contributed by atoms with E-state index in [0.29, 0.717) is 18.4 Å². The molecule has 0 amide bonds. The molecule has 3 rings (SSSR count). The van der Waals surface area contributed by atoms with E-state index in [1.54, 1.807) is 0 Å². The zero-order chi connectivity index (χ0) is 13.8. The van der Waals surface area contributed by atoms with Crippen LogP contribution in [0.25, 0.3) is 0 Å². The molecule has 5 heteroatoms. The zero-order valence-electron chi connectivity index (χ0n) is 11.2. The molecule has 2 saturated carbocycles. The Labute approximate surface area is 126 Å². The van der Waals surface area contributed by atoms with Crippen molar-refractivity contribution in [1.82, 2.24) is 0 Å². The Bertz CT molecular complexity index is 420. The summed E-state index contributed by atoms with van der Waals surface area (Å²) < 4.78 is 10.4. The molecular formula is C14H19IO4. The number of esters is 2. The summed E-state index contributed by atoms with van der Waals surface area (Å²) in [6, 6.07) is 0. The molecule has 0 N–H and O–H groups in total. The monoisotopic (exact) mass is 378 g/mol. The van der Waals surface area contributed by atoms with Gasteiger partial charge in [-0.1, -0.05) is 29.5 Å². The van der Waals surface area contributed by atoms with E-state index < -0.39 is 3.42 Å². The van der Waals surface area contributed by atoms with Gasteiger partial charge in [0.25, 0.3) is 0 Å². The van der Waals surface area contributed by atoms with Crippen LogP contribution in [0.5, 0.6) is 0 Å². The number of ether oxygens (including phenoxy) is 2. The fourth-order valence-corrected chi connectivity index (χ4v) is 3.97. The van der Waals surface area contributed by atoms with Gasteiger partial charge in [-0.2, -0.15) is 0 Å². The van der Waals surface area contributed by atoms with E-state index in [1.165, 1.54) is 0 Å². The van der Waals surface area contributed by atoms with Crippen molar-refractivity contribution in [2.45, 2.75) is 42.6 Å². The molecule has 0 spiro atoms. The first-order valence-electron chi connectivity index (χ1n) is 7.00. The van der Waals surface area contributed by atoms with Gasteiger partial charge in [0.05, 0.1) is 12.5 Å². The fourth-order valence-electron chi connectivity index (χ4n) is 3.84. The molecule has 3 fully saturated rings. The van der Waals surface area contributed by atoms with Crippen LogP contribution in [0, 0.1) is 23.7 Å². The Morgan fingerprint density at radius 3 is 2.89 bits per heavy atom. The van der Waals surface area contributed by atoms with E-state index in [1.807, 2.05) is 13.8 Å². The first-order chi connectivity index (χ1) is 8.94. The lowest BCUT2D eigenvalue weighted by Crippen LogP contribution is -2.39. The Balaban J connectivity index is 1.67. The van der Waals surface area contributed by atoms with Crippen molar-refractivity contribution >= 4 is 34.5 Å². The second kappa shape index (κ2) is 4.60. The number of carbonyl (C=O) groups excluding carboxylic acids is 2. The van der Waals surface area contributed by atoms with E-state index in [4.69, 9.17) is 9.47 Å². The second-order valence-electron chi connectivity index (χ2n) is 6.21. The lowest BCUT2D eigenvalue weighted by molar-refractivity contribution is -0.155. The van der Waals surface area contributed by atoms with Gasteiger partial charge in [-0.15, -0.1) is 0 Å². The topological polar surface area (TPSA) is 52.6 Å². The van der Waals surface area contributed by atoms with Gasteiger partial charge in [0.2, 0.25) is 0 Å². The Hall–Kier alpha value is -0.330. The van der Waals surface area contributed by atoms with Gasteiger partial charge in [0.1, 0.15) is 9.53 Å². The minimum absolute atomic E-state index is 0.00566. The third-order valence-electron chi connectivity index (χ3n) is 5.14. The molecule has 4 nitrogen and oxygen atoms in total. The molecule has 0 radical (unpaired) electrons. The predicted octanol–water partition coefficient (Wildman–Crippen LogP) is 2.33. The van der Waals surface area contributed by atoms with Crippen LogP contribution < -0.4 is 0 Å². The normalized spacial score (nSPS) is 42.7. The summed E-state index contributed by atoms with van der Waals surface area (Å²) in [7, 11) is 0. The van der Waals surface area contributed by atoms with Crippen molar-refractivity contribution in [3.8, 4) is 0 Å². The van der Waals surface area contributed by atoms with Gasteiger partial charge in [-0.3, -0.25) is 9.59 Å². The maximum Gasteiger partial charge on any atom is 0.322 e. The van der Waals surface area contributed by atoms with Crippen LogP contribution in [0.1, 0.15) is 33.1 Å². The molecule has 3 aliphatic rings. The van der Waals surface area contributed by atoms with Crippen molar-refractivity contribution < 1.29 is 19.1 Å². The molecule has 6 atom stereocenters. The van der Waals surface area contributed by atoms with Crippen LogP contribution in [0.2, 0.25) is 0 Å². The number of halogens is 1. The van der Waals surface area contributed by atoms with Crippen LogP contribution in [0.4, 0.5) is 0 Å². The predicted molar refractivity (Wildman–Crippen MR) is 76.7 cm³/mol. The van der Waals surface area contributed by atoms with E-state index in [9.17, 15) is 9.59 Å². The highest BCUT2D eigenvalue weighted by Crippen LogP contribution is 2.56. The summed E-state index contributed by atoms with van der Waals surface area (Å²) in [5.41, 5.74) is 0. The highest BCUT2D eigenvalue weighted by Gasteiger charge is 2.60. The van der Waals surface area contributed by atoms with Gasteiger partial charge in [-0.25, -0.2) is 0 Å². The summed E-state index contributed by atoms with van der Waals surface area (Å²) in [6.07, 6.45) is 2.62. The highest BCUT2D eigenvalue weighted by molar-refractivity contribution is 14.1. The average molecular weight is 378 g/mol. The third-order valence-corrected chi connectivity index (χ3v) is 6.35. The number of alkyl halides is 1. The first kappa shape index (κ1) is 13.6. The first-order valence-corrected chi connectivity index (χ1v) is 8.08. The van der Waals surface area contributed by atoms with E-state index in [2.05, 4.69) is 22.6 Å². The van der Waals surface area contributed by atoms with Crippen molar-refractivity contribution in [2.24, 2.45) is 23.7 Å². The minimum atomic E-state index is -0.443. The summed E-state index contributed by atoms with van der Waals surface area (Å²) in [6.45, 7) is 4.43. The number of carbonyl (C=O) groups is 2. The minimum Gasteiger partial charge on any atom is -0.465 e. The molecule has 6 unspecified atom stereocenters. The van der Waals surface area contributed by atoms with Gasteiger partial charge >= 0.3 is 11.9 Å². The van der Waals surface area contributed by atoms with E-state index in [-0.39, 0.29) is 29.9 Å². The lowest BCUT2D eigenvalue weighted by Gasteiger charge is -2.30. The molecule has 19 heavy (non-hydrogen) atoms. The average Bonchev–Trinajstić information content (AvgIpc) is 3.02.